The number of methoxy groups -OCH3 is 1. The molecule has 1 aromatic heterocycles. The van der Waals surface area contributed by atoms with Crippen molar-refractivity contribution in [2.24, 2.45) is 0 Å². The predicted octanol–water partition coefficient (Wildman–Crippen LogP) is 2.66. The summed E-state index contributed by atoms with van der Waals surface area (Å²) >= 11 is 1.64. The number of rotatable bonds is 3. The van der Waals surface area contributed by atoms with Gasteiger partial charge in [-0.3, -0.25) is 0 Å². The Labute approximate surface area is 91.4 Å². The third-order valence-electron chi connectivity index (χ3n) is 2.30. The zero-order valence-electron chi connectivity index (χ0n) is 8.32. The molecule has 0 unspecified atom stereocenters. The van der Waals surface area contributed by atoms with Crippen LogP contribution in [-0.2, 0) is 0 Å². The van der Waals surface area contributed by atoms with Gasteiger partial charge in [0.2, 0.25) is 5.88 Å². The van der Waals surface area contributed by atoms with E-state index in [2.05, 4.69) is 9.71 Å². The fourth-order valence-electron chi connectivity index (χ4n) is 1.55. The van der Waals surface area contributed by atoms with E-state index >= 15 is 0 Å². The van der Waals surface area contributed by atoms with Gasteiger partial charge in [-0.25, -0.2) is 0 Å². The van der Waals surface area contributed by atoms with E-state index in [-0.39, 0.29) is 11.1 Å². The largest absolute Gasteiger partial charge is 0.480 e. The van der Waals surface area contributed by atoms with Crippen molar-refractivity contribution in [2.45, 2.75) is 19.3 Å². The highest BCUT2D eigenvalue weighted by atomic mass is 32.2. The molecule has 0 aliphatic carbocycles. The smallest absolute Gasteiger partial charge is 0.226 e. The van der Waals surface area contributed by atoms with Crippen LogP contribution < -0.4 is 9.46 Å². The van der Waals surface area contributed by atoms with E-state index in [9.17, 15) is 0 Å². The van der Waals surface area contributed by atoms with Crippen LogP contribution in [0, 0.1) is 0 Å². The molecule has 1 aliphatic rings. The number of nitrogens with one attached hydrogen (secondary N) is 1. The molecule has 0 spiro atoms. The van der Waals surface area contributed by atoms with Crippen LogP contribution in [0.3, 0.4) is 0 Å². The lowest BCUT2D eigenvalue weighted by Gasteiger charge is -2.26. The van der Waals surface area contributed by atoms with Gasteiger partial charge in [-0.2, -0.15) is 16.1 Å². The van der Waals surface area contributed by atoms with Crippen LogP contribution in [-0.4, -0.2) is 23.6 Å². The van der Waals surface area contributed by atoms with Gasteiger partial charge in [-0.15, -0.1) is 11.3 Å². The Kier molecular flexibility index (Phi) is 3.53. The first-order valence-corrected chi connectivity index (χ1v) is 7.49. The predicted molar refractivity (Wildman–Crippen MR) is 64.9 cm³/mol. The van der Waals surface area contributed by atoms with Gasteiger partial charge in [0.1, 0.15) is 0 Å². The Morgan fingerprint density at radius 2 is 2.21 bits per heavy atom. The van der Waals surface area contributed by atoms with Crippen molar-refractivity contribution in [3.8, 4) is 5.88 Å². The minimum absolute atomic E-state index is 0.00267. The Bertz CT molecular complexity index is 284. The van der Waals surface area contributed by atoms with Gasteiger partial charge >= 0.3 is 0 Å². The van der Waals surface area contributed by atoms with Crippen LogP contribution in [0.2, 0.25) is 0 Å². The van der Waals surface area contributed by atoms with Crippen molar-refractivity contribution in [1.29, 1.82) is 0 Å². The van der Waals surface area contributed by atoms with Gasteiger partial charge in [0, 0.05) is 0 Å². The molecule has 0 radical (unpaired) electrons. The molecule has 1 fully saturated rings. The summed E-state index contributed by atoms with van der Waals surface area (Å²) in [6.45, 7) is 0. The van der Waals surface area contributed by atoms with Gasteiger partial charge < -0.3 is 9.46 Å². The van der Waals surface area contributed by atoms with Crippen LogP contribution in [0.25, 0.3) is 0 Å². The number of aromatic nitrogens is 1. The Morgan fingerprint density at radius 3 is 2.86 bits per heavy atom. The number of hydrogen-bond acceptors (Lipinski definition) is 4. The van der Waals surface area contributed by atoms with Gasteiger partial charge in [0.05, 0.1) is 12.5 Å². The fraction of sp³-hybridized carbons (Fsp3) is 0.667. The molecular weight excluding hydrogens is 216 g/mol. The van der Waals surface area contributed by atoms with E-state index < -0.39 is 0 Å². The molecule has 0 atom stereocenters. The second kappa shape index (κ2) is 4.89. The molecule has 14 heavy (non-hydrogen) atoms. The van der Waals surface area contributed by atoms with Gasteiger partial charge in [0.25, 0.3) is 0 Å². The van der Waals surface area contributed by atoms with Crippen LogP contribution in [0.15, 0.2) is 5.38 Å². The average Bonchev–Trinajstić information content (AvgIpc) is 2.67. The molecular formula is C9H16N2OS2. The number of thiazole rings is 1. The topological polar surface area (TPSA) is 34.1 Å². The van der Waals surface area contributed by atoms with Crippen LogP contribution in [0.4, 0.5) is 5.13 Å². The van der Waals surface area contributed by atoms with Crippen molar-refractivity contribution in [1.82, 2.24) is 4.98 Å². The van der Waals surface area contributed by atoms with E-state index in [0.29, 0.717) is 0 Å². The number of thiol groups is 1. The molecule has 1 aromatic rings. The van der Waals surface area contributed by atoms with Crippen LogP contribution in [0.1, 0.15) is 19.3 Å². The van der Waals surface area contributed by atoms with Crippen molar-refractivity contribution >= 4 is 27.5 Å². The lowest BCUT2D eigenvalue weighted by Crippen LogP contribution is -2.09. The van der Waals surface area contributed by atoms with E-state index in [1.54, 1.807) is 18.4 Å². The molecule has 1 N–H and O–H groups in total. The second-order valence-electron chi connectivity index (χ2n) is 3.35. The highest BCUT2D eigenvalue weighted by Crippen LogP contribution is 2.35. The maximum absolute atomic E-state index is 5.05. The van der Waals surface area contributed by atoms with E-state index in [1.165, 1.54) is 30.8 Å². The zero-order valence-corrected chi connectivity index (χ0v) is 10.0. The lowest BCUT2D eigenvalue weighted by molar-refractivity contribution is 0.401. The number of hydrogen-bond donors (Lipinski definition) is 2. The number of ether oxygens (including phenoxy) is 1. The molecule has 2 rings (SSSR count). The normalized spacial score (nSPS) is 19.4. The molecule has 2 heterocycles. The summed E-state index contributed by atoms with van der Waals surface area (Å²) in [5.74, 6) is 3.42. The lowest BCUT2D eigenvalue weighted by atomic mass is 10.3. The highest BCUT2D eigenvalue weighted by molar-refractivity contribution is 8.18. The summed E-state index contributed by atoms with van der Waals surface area (Å²) in [5.41, 5.74) is 0. The summed E-state index contributed by atoms with van der Waals surface area (Å²) in [6, 6.07) is 0. The summed E-state index contributed by atoms with van der Waals surface area (Å²) in [6.07, 6.45) is 4.16. The van der Waals surface area contributed by atoms with Crippen molar-refractivity contribution in [3.63, 3.8) is 0 Å². The average molecular weight is 232 g/mol. The maximum atomic E-state index is 5.05. The Hall–Kier alpha value is -0.420. The summed E-state index contributed by atoms with van der Waals surface area (Å²) in [4.78, 5) is 4.32. The third kappa shape index (κ3) is 2.54. The first-order chi connectivity index (χ1) is 6.88. The quantitative estimate of drug-likeness (QED) is 0.786. The highest BCUT2D eigenvalue weighted by Gasteiger charge is 2.10. The Morgan fingerprint density at radius 1 is 1.43 bits per heavy atom. The van der Waals surface area contributed by atoms with E-state index in [0.717, 1.165) is 11.0 Å². The molecule has 0 amide bonds. The summed E-state index contributed by atoms with van der Waals surface area (Å²) in [5, 5.41) is 2.97. The zero-order chi connectivity index (χ0) is 9.80. The number of anilines is 1. The number of nitrogens with zero attached hydrogens (tertiary/aromatic N) is 1. The molecule has 0 aromatic carbocycles. The molecule has 1 saturated heterocycles. The first kappa shape index (κ1) is 10.1. The first-order valence-electron chi connectivity index (χ1n) is 4.89. The van der Waals surface area contributed by atoms with Crippen molar-refractivity contribution < 1.29 is 4.74 Å². The molecule has 80 valence electrons. The maximum Gasteiger partial charge on any atom is 0.226 e. The van der Waals surface area contributed by atoms with Gasteiger partial charge in [-0.05, 0) is 24.3 Å². The summed E-state index contributed by atoms with van der Waals surface area (Å²) < 4.78 is 8.58. The standard InChI is InChI=1S/C9H16N2OS2/c1-12-8-7-13-9(10-8)11-14-5-3-2-4-6-14/h7,14H,2-6H2,1H3,(H,10,11). The van der Waals surface area contributed by atoms with Gasteiger partial charge in [0.15, 0.2) is 5.13 Å². The van der Waals surface area contributed by atoms with Crippen LogP contribution >= 0.6 is 22.4 Å². The van der Waals surface area contributed by atoms with Crippen molar-refractivity contribution in [2.75, 3.05) is 23.3 Å². The molecule has 5 heteroatoms. The van der Waals surface area contributed by atoms with Crippen molar-refractivity contribution in [3.05, 3.63) is 5.38 Å². The van der Waals surface area contributed by atoms with Crippen LogP contribution in [0.5, 0.6) is 5.88 Å². The molecule has 0 saturated carbocycles. The SMILES string of the molecule is COc1csc(N[SH]2CCCCC2)n1. The minimum atomic E-state index is 0.00267. The molecule has 1 aliphatic heterocycles. The Balaban J connectivity index is 1.89. The minimum Gasteiger partial charge on any atom is -0.480 e. The van der Waals surface area contributed by atoms with E-state index in [4.69, 9.17) is 4.74 Å². The third-order valence-corrected chi connectivity index (χ3v) is 5.43. The monoisotopic (exact) mass is 232 g/mol. The molecule has 0 bridgehead atoms. The van der Waals surface area contributed by atoms with Gasteiger partial charge in [-0.1, -0.05) is 6.42 Å². The molecule has 3 nitrogen and oxygen atoms in total. The van der Waals surface area contributed by atoms with E-state index in [1.807, 2.05) is 5.38 Å². The second-order valence-corrected chi connectivity index (χ2v) is 6.41. The summed E-state index contributed by atoms with van der Waals surface area (Å²) in [7, 11) is 1.66. The fourth-order valence-corrected chi connectivity index (χ4v) is 4.63.